The van der Waals surface area contributed by atoms with E-state index in [4.69, 9.17) is 4.74 Å². The maximum atomic E-state index is 5.50. The lowest BCUT2D eigenvalue weighted by molar-refractivity contribution is -0.670. The van der Waals surface area contributed by atoms with Gasteiger partial charge in [0, 0.05) is 17.7 Å². The third-order valence-corrected chi connectivity index (χ3v) is 4.90. The highest BCUT2D eigenvalue weighted by Gasteiger charge is 2.08. The molecule has 0 spiro atoms. The molecule has 2 N–H and O–H groups in total. The Morgan fingerprint density at radius 2 is 1.93 bits per heavy atom. The monoisotopic (exact) mass is 382 g/mol. The first kappa shape index (κ1) is 19.1. The van der Waals surface area contributed by atoms with Crippen molar-refractivity contribution in [3.63, 3.8) is 0 Å². The molecule has 1 aromatic heterocycles. The number of hydrogen-bond acceptors (Lipinski definition) is 5. The summed E-state index contributed by atoms with van der Waals surface area (Å²) >= 11 is 1.69. The van der Waals surface area contributed by atoms with Crippen LogP contribution in [0.2, 0.25) is 0 Å². The van der Waals surface area contributed by atoms with Crippen molar-refractivity contribution in [1.29, 1.82) is 0 Å². The zero-order valence-corrected chi connectivity index (χ0v) is 16.0. The van der Waals surface area contributed by atoms with Gasteiger partial charge in [-0.1, -0.05) is 42.6 Å². The molecule has 7 heteroatoms. The van der Waals surface area contributed by atoms with Crippen molar-refractivity contribution < 1.29 is 10.1 Å². The highest BCUT2D eigenvalue weighted by molar-refractivity contribution is 7.99. The molecule has 140 valence electrons. The summed E-state index contributed by atoms with van der Waals surface area (Å²) in [7, 11) is 0. The highest BCUT2D eigenvalue weighted by Crippen LogP contribution is 2.18. The van der Waals surface area contributed by atoms with Crippen molar-refractivity contribution in [2.24, 2.45) is 0 Å². The van der Waals surface area contributed by atoms with Gasteiger partial charge in [-0.2, -0.15) is 4.68 Å². The summed E-state index contributed by atoms with van der Waals surface area (Å²) in [6.07, 6.45) is 2.84. The number of benzene rings is 2. The van der Waals surface area contributed by atoms with E-state index in [1.807, 2.05) is 42.5 Å². The third-order valence-electron chi connectivity index (χ3n) is 3.90. The molecule has 3 aromatic rings. The minimum Gasteiger partial charge on any atom is -0.490 e. The fraction of sp³-hybridized carbons (Fsp3) is 0.250. The Labute approximate surface area is 163 Å². The van der Waals surface area contributed by atoms with Crippen molar-refractivity contribution in [2.75, 3.05) is 18.9 Å². The van der Waals surface area contributed by atoms with E-state index in [0.29, 0.717) is 6.61 Å². The van der Waals surface area contributed by atoms with Crippen LogP contribution in [-0.2, 0) is 6.54 Å². The van der Waals surface area contributed by atoms with Gasteiger partial charge in [-0.3, -0.25) is 0 Å². The van der Waals surface area contributed by atoms with Gasteiger partial charge in [0.2, 0.25) is 5.16 Å². The topological polar surface area (TPSA) is 69.4 Å². The summed E-state index contributed by atoms with van der Waals surface area (Å²) in [6, 6.07) is 18.2. The molecular formula is C20H24N5OS+. The number of rotatable bonds is 11. The molecule has 27 heavy (non-hydrogen) atoms. The van der Waals surface area contributed by atoms with Crippen LogP contribution in [0.4, 0.5) is 0 Å². The number of nitrogens with zero attached hydrogens (tertiary/aromatic N) is 4. The lowest BCUT2D eigenvalue weighted by atomic mass is 10.2. The minimum absolute atomic E-state index is 0.538. The molecule has 0 aliphatic carbocycles. The Kier molecular flexibility index (Phi) is 7.44. The van der Waals surface area contributed by atoms with Crippen LogP contribution in [0.25, 0.3) is 5.69 Å². The van der Waals surface area contributed by atoms with Gasteiger partial charge >= 0.3 is 0 Å². The molecule has 0 saturated heterocycles. The van der Waals surface area contributed by atoms with E-state index in [9.17, 15) is 0 Å². The van der Waals surface area contributed by atoms with Gasteiger partial charge in [0.05, 0.1) is 12.2 Å². The first-order valence-electron chi connectivity index (χ1n) is 8.98. The number of nitrogens with two attached hydrogens (primary N) is 1. The number of aromatic nitrogens is 4. The molecule has 0 radical (unpaired) electrons. The molecule has 3 rings (SSSR count). The predicted octanol–water partition coefficient (Wildman–Crippen LogP) is 2.47. The molecule has 0 saturated carbocycles. The number of ether oxygens (including phenoxy) is 1. The fourth-order valence-electron chi connectivity index (χ4n) is 2.54. The first-order valence-corrected chi connectivity index (χ1v) is 9.96. The Bertz CT molecular complexity index is 820. The van der Waals surface area contributed by atoms with Gasteiger partial charge in [-0.05, 0) is 46.8 Å². The van der Waals surface area contributed by atoms with Crippen molar-refractivity contribution in [1.82, 2.24) is 20.2 Å². The zero-order valence-electron chi connectivity index (χ0n) is 15.2. The number of hydrogen-bond donors (Lipinski definition) is 1. The minimum atomic E-state index is 0.538. The van der Waals surface area contributed by atoms with E-state index >= 15 is 0 Å². The molecule has 0 bridgehead atoms. The Morgan fingerprint density at radius 1 is 1.11 bits per heavy atom. The summed E-state index contributed by atoms with van der Waals surface area (Å²) < 4.78 is 7.28. The summed E-state index contributed by atoms with van der Waals surface area (Å²) in [5, 5.41) is 15.1. The maximum Gasteiger partial charge on any atom is 0.214 e. The van der Waals surface area contributed by atoms with E-state index in [2.05, 4.69) is 39.6 Å². The normalized spacial score (nSPS) is 10.7. The lowest BCUT2D eigenvalue weighted by Crippen LogP contribution is -2.82. The van der Waals surface area contributed by atoms with Crippen LogP contribution >= 0.6 is 11.8 Å². The zero-order chi connectivity index (χ0) is 18.7. The summed E-state index contributed by atoms with van der Waals surface area (Å²) in [5.41, 5.74) is 2.28. The Morgan fingerprint density at radius 3 is 2.70 bits per heavy atom. The summed E-state index contributed by atoms with van der Waals surface area (Å²) in [5.74, 6) is 1.86. The van der Waals surface area contributed by atoms with E-state index in [-0.39, 0.29) is 0 Å². The quantitative estimate of drug-likeness (QED) is 0.313. The van der Waals surface area contributed by atoms with Gasteiger partial charge < -0.3 is 10.1 Å². The third kappa shape index (κ3) is 5.94. The smallest absolute Gasteiger partial charge is 0.214 e. The molecule has 0 atom stereocenters. The highest BCUT2D eigenvalue weighted by atomic mass is 32.2. The summed E-state index contributed by atoms with van der Waals surface area (Å²) in [6.45, 7) is 6.22. The second-order valence-electron chi connectivity index (χ2n) is 5.94. The molecule has 0 fully saturated rings. The van der Waals surface area contributed by atoms with Crippen LogP contribution < -0.4 is 10.1 Å². The number of quaternary nitrogens is 1. The molecule has 0 unspecified atom stereocenters. The van der Waals surface area contributed by atoms with E-state index < -0.39 is 0 Å². The van der Waals surface area contributed by atoms with Crippen LogP contribution in [0, 0.1) is 0 Å². The Hall–Kier alpha value is -2.64. The molecule has 6 nitrogen and oxygen atoms in total. The SMILES string of the molecule is C=CCOc1ccc(C[NH2+]CCCSc2nnnn2-c2ccccc2)cc1. The van der Waals surface area contributed by atoms with E-state index in [1.54, 1.807) is 22.5 Å². The number of thioether (sulfide) groups is 1. The Balaban J connectivity index is 1.36. The molecular weight excluding hydrogens is 358 g/mol. The van der Waals surface area contributed by atoms with Crippen molar-refractivity contribution in [2.45, 2.75) is 18.1 Å². The second-order valence-corrected chi connectivity index (χ2v) is 7.00. The van der Waals surface area contributed by atoms with Crippen LogP contribution in [-0.4, -0.2) is 39.1 Å². The number of tetrazole rings is 1. The standard InChI is InChI=1S/C20H23N5OS/c1-2-14-26-19-11-9-17(10-12-19)16-21-13-6-15-27-20-22-23-24-25(20)18-7-4-3-5-8-18/h2-5,7-12,21H,1,6,13-16H2/p+1. The van der Waals surface area contributed by atoms with Gasteiger partial charge in [-0.15, -0.1) is 5.10 Å². The predicted molar refractivity (Wildman–Crippen MR) is 107 cm³/mol. The average molecular weight is 383 g/mol. The molecule has 0 aliphatic heterocycles. The molecule has 1 heterocycles. The van der Waals surface area contributed by atoms with Gasteiger partial charge in [0.15, 0.2) is 0 Å². The molecule has 0 aliphatic rings. The number of para-hydroxylation sites is 1. The van der Waals surface area contributed by atoms with Crippen LogP contribution in [0.15, 0.2) is 72.4 Å². The van der Waals surface area contributed by atoms with E-state index in [0.717, 1.165) is 41.9 Å². The lowest BCUT2D eigenvalue weighted by Gasteiger charge is -2.05. The van der Waals surface area contributed by atoms with Crippen molar-refractivity contribution in [3.05, 3.63) is 72.8 Å². The average Bonchev–Trinajstić information content (AvgIpc) is 3.19. The van der Waals surface area contributed by atoms with Gasteiger partial charge in [-0.25, -0.2) is 0 Å². The second kappa shape index (κ2) is 10.5. The van der Waals surface area contributed by atoms with Crippen molar-refractivity contribution >= 4 is 11.8 Å². The van der Waals surface area contributed by atoms with Crippen LogP contribution in [0.5, 0.6) is 5.75 Å². The van der Waals surface area contributed by atoms with E-state index in [1.165, 1.54) is 5.56 Å². The summed E-state index contributed by atoms with van der Waals surface area (Å²) in [4.78, 5) is 0. The fourth-order valence-corrected chi connectivity index (χ4v) is 3.39. The van der Waals surface area contributed by atoms with Gasteiger partial charge in [0.1, 0.15) is 18.9 Å². The molecule has 2 aromatic carbocycles. The first-order chi connectivity index (χ1) is 13.4. The molecule has 0 amide bonds. The van der Waals surface area contributed by atoms with Crippen LogP contribution in [0.1, 0.15) is 12.0 Å². The largest absolute Gasteiger partial charge is 0.490 e. The van der Waals surface area contributed by atoms with Crippen molar-refractivity contribution in [3.8, 4) is 11.4 Å². The van der Waals surface area contributed by atoms with Crippen LogP contribution in [0.3, 0.4) is 0 Å². The van der Waals surface area contributed by atoms with Gasteiger partial charge in [0.25, 0.3) is 0 Å². The maximum absolute atomic E-state index is 5.50.